The number of carbonyl (C=O) groups excluding carboxylic acids is 1. The molecule has 2 amide bonds. The minimum Gasteiger partial charge on any atom is -0.472 e. The predicted molar refractivity (Wildman–Crippen MR) is 83.1 cm³/mol. The Kier molecular flexibility index (Phi) is 4.39. The van der Waals surface area contributed by atoms with Gasteiger partial charge in [-0.2, -0.15) is 0 Å². The van der Waals surface area contributed by atoms with Crippen molar-refractivity contribution in [3.63, 3.8) is 0 Å². The lowest BCUT2D eigenvalue weighted by Gasteiger charge is -2.17. The summed E-state index contributed by atoms with van der Waals surface area (Å²) in [4.78, 5) is 21.8. The first-order chi connectivity index (χ1) is 10.7. The molecule has 0 bridgehead atoms. The molecule has 1 fully saturated rings. The molecule has 1 aliphatic rings. The number of carbonyl (C=O) groups is 1. The second-order valence-electron chi connectivity index (χ2n) is 4.96. The zero-order valence-corrected chi connectivity index (χ0v) is 12.5. The van der Waals surface area contributed by atoms with E-state index in [1.807, 2.05) is 0 Å². The number of ether oxygens (including phenoxy) is 1. The SMILES string of the molecule is O=C(Nc1ccc(Cl)cc1)N1CCC(Oc2ccncn2)C1. The molecule has 0 aliphatic carbocycles. The van der Waals surface area contributed by atoms with Crippen molar-refractivity contribution in [2.45, 2.75) is 12.5 Å². The predicted octanol–water partition coefficient (Wildman–Crippen LogP) is 2.82. The quantitative estimate of drug-likeness (QED) is 0.945. The molecule has 6 nitrogen and oxygen atoms in total. The molecule has 0 saturated carbocycles. The average molecular weight is 319 g/mol. The lowest BCUT2D eigenvalue weighted by molar-refractivity contribution is 0.189. The summed E-state index contributed by atoms with van der Waals surface area (Å²) >= 11 is 5.82. The van der Waals surface area contributed by atoms with Crippen LogP contribution in [0.5, 0.6) is 5.88 Å². The van der Waals surface area contributed by atoms with Gasteiger partial charge in [0.15, 0.2) is 0 Å². The van der Waals surface area contributed by atoms with Gasteiger partial charge in [0.25, 0.3) is 0 Å². The van der Waals surface area contributed by atoms with Gasteiger partial charge in [0.1, 0.15) is 12.4 Å². The Labute approximate surface area is 133 Å². The maximum atomic E-state index is 12.2. The van der Waals surface area contributed by atoms with Crippen LogP contribution in [-0.2, 0) is 0 Å². The molecule has 1 aliphatic heterocycles. The first-order valence-electron chi connectivity index (χ1n) is 6.95. The van der Waals surface area contributed by atoms with Gasteiger partial charge in [-0.1, -0.05) is 11.6 Å². The van der Waals surface area contributed by atoms with Gasteiger partial charge in [0.2, 0.25) is 5.88 Å². The number of anilines is 1. The Morgan fingerprint density at radius 3 is 2.86 bits per heavy atom. The summed E-state index contributed by atoms with van der Waals surface area (Å²) in [6, 6.07) is 8.58. The number of hydrogen-bond acceptors (Lipinski definition) is 4. The number of halogens is 1. The fourth-order valence-corrected chi connectivity index (χ4v) is 2.39. The van der Waals surface area contributed by atoms with Crippen LogP contribution in [0.2, 0.25) is 5.02 Å². The number of nitrogens with one attached hydrogen (secondary N) is 1. The Hall–Kier alpha value is -2.34. The third-order valence-electron chi connectivity index (χ3n) is 3.37. The van der Waals surface area contributed by atoms with Gasteiger partial charge in [-0.3, -0.25) is 0 Å². The first kappa shape index (κ1) is 14.6. The summed E-state index contributed by atoms with van der Waals surface area (Å²) < 4.78 is 5.73. The highest BCUT2D eigenvalue weighted by molar-refractivity contribution is 6.30. The second-order valence-corrected chi connectivity index (χ2v) is 5.40. The molecule has 22 heavy (non-hydrogen) atoms. The van der Waals surface area contributed by atoms with Crippen molar-refractivity contribution in [3.8, 4) is 5.88 Å². The minimum atomic E-state index is -0.142. The van der Waals surface area contributed by atoms with E-state index in [0.29, 0.717) is 24.0 Å². The minimum absolute atomic E-state index is 0.0501. The van der Waals surface area contributed by atoms with E-state index >= 15 is 0 Å². The monoisotopic (exact) mass is 318 g/mol. The highest BCUT2D eigenvalue weighted by atomic mass is 35.5. The van der Waals surface area contributed by atoms with Crippen LogP contribution in [-0.4, -0.2) is 40.1 Å². The number of urea groups is 1. The molecule has 114 valence electrons. The van der Waals surface area contributed by atoms with Gasteiger partial charge < -0.3 is 15.0 Å². The van der Waals surface area contributed by atoms with Gasteiger partial charge in [-0.25, -0.2) is 14.8 Å². The van der Waals surface area contributed by atoms with Gasteiger partial charge in [-0.05, 0) is 24.3 Å². The molecule has 1 aromatic carbocycles. The van der Waals surface area contributed by atoms with Crippen LogP contribution < -0.4 is 10.1 Å². The highest BCUT2D eigenvalue weighted by Crippen LogP contribution is 2.18. The van der Waals surface area contributed by atoms with E-state index in [1.54, 1.807) is 41.4 Å². The summed E-state index contributed by atoms with van der Waals surface area (Å²) in [5.41, 5.74) is 0.717. The van der Waals surface area contributed by atoms with Crippen molar-refractivity contribution in [1.29, 1.82) is 0 Å². The number of rotatable bonds is 3. The fourth-order valence-electron chi connectivity index (χ4n) is 2.26. The molecule has 1 N–H and O–H groups in total. The van der Waals surface area contributed by atoms with Gasteiger partial charge in [0.05, 0.1) is 6.54 Å². The van der Waals surface area contributed by atoms with Crippen LogP contribution in [0.3, 0.4) is 0 Å². The van der Waals surface area contributed by atoms with Gasteiger partial charge >= 0.3 is 6.03 Å². The van der Waals surface area contributed by atoms with Crippen molar-refractivity contribution in [3.05, 3.63) is 47.9 Å². The molecule has 1 aromatic heterocycles. The maximum absolute atomic E-state index is 12.2. The molecule has 1 atom stereocenters. The molecule has 2 heterocycles. The molecular weight excluding hydrogens is 304 g/mol. The summed E-state index contributed by atoms with van der Waals surface area (Å²) in [6.07, 6.45) is 3.79. The van der Waals surface area contributed by atoms with Crippen LogP contribution in [0.25, 0.3) is 0 Å². The number of amides is 2. The molecule has 0 spiro atoms. The summed E-state index contributed by atoms with van der Waals surface area (Å²) in [5.74, 6) is 0.528. The third kappa shape index (κ3) is 3.65. The Bertz CT molecular complexity index is 636. The molecule has 2 aromatic rings. The van der Waals surface area contributed by atoms with Gasteiger partial charge in [0, 0.05) is 35.9 Å². The molecule has 3 rings (SSSR count). The lowest BCUT2D eigenvalue weighted by Crippen LogP contribution is -2.34. The highest BCUT2D eigenvalue weighted by Gasteiger charge is 2.27. The number of benzene rings is 1. The van der Waals surface area contributed by atoms with Crippen molar-refractivity contribution in [2.24, 2.45) is 0 Å². The number of hydrogen-bond donors (Lipinski definition) is 1. The Morgan fingerprint density at radius 2 is 2.14 bits per heavy atom. The third-order valence-corrected chi connectivity index (χ3v) is 3.62. The summed E-state index contributed by atoms with van der Waals surface area (Å²) in [5, 5.41) is 3.48. The van der Waals surface area contributed by atoms with Crippen LogP contribution in [0.15, 0.2) is 42.9 Å². The van der Waals surface area contributed by atoms with E-state index in [4.69, 9.17) is 16.3 Å². The zero-order chi connectivity index (χ0) is 15.4. The number of nitrogens with zero attached hydrogens (tertiary/aromatic N) is 3. The number of likely N-dealkylation sites (tertiary alicyclic amines) is 1. The smallest absolute Gasteiger partial charge is 0.321 e. The number of aromatic nitrogens is 2. The second kappa shape index (κ2) is 6.62. The van der Waals surface area contributed by atoms with Crippen LogP contribution in [0.4, 0.5) is 10.5 Å². The summed E-state index contributed by atoms with van der Waals surface area (Å²) in [7, 11) is 0. The van der Waals surface area contributed by atoms with Crippen molar-refractivity contribution in [1.82, 2.24) is 14.9 Å². The average Bonchev–Trinajstić information content (AvgIpc) is 2.99. The van der Waals surface area contributed by atoms with E-state index in [2.05, 4.69) is 15.3 Å². The van der Waals surface area contributed by atoms with E-state index in [9.17, 15) is 4.79 Å². The Balaban J connectivity index is 1.53. The van der Waals surface area contributed by atoms with Crippen LogP contribution in [0.1, 0.15) is 6.42 Å². The summed E-state index contributed by atoms with van der Waals surface area (Å²) in [6.45, 7) is 1.18. The van der Waals surface area contributed by atoms with E-state index < -0.39 is 0 Å². The van der Waals surface area contributed by atoms with E-state index in [0.717, 1.165) is 12.1 Å². The maximum Gasteiger partial charge on any atom is 0.321 e. The normalized spacial score (nSPS) is 17.3. The van der Waals surface area contributed by atoms with Crippen LogP contribution >= 0.6 is 11.6 Å². The zero-order valence-electron chi connectivity index (χ0n) is 11.8. The van der Waals surface area contributed by atoms with Crippen LogP contribution in [0, 0.1) is 0 Å². The molecule has 1 unspecified atom stereocenters. The van der Waals surface area contributed by atoms with E-state index in [-0.39, 0.29) is 12.1 Å². The topological polar surface area (TPSA) is 67.4 Å². The van der Waals surface area contributed by atoms with Crippen molar-refractivity contribution < 1.29 is 9.53 Å². The van der Waals surface area contributed by atoms with Crippen molar-refractivity contribution in [2.75, 3.05) is 18.4 Å². The van der Waals surface area contributed by atoms with E-state index in [1.165, 1.54) is 6.33 Å². The fraction of sp³-hybridized carbons (Fsp3) is 0.267. The molecular formula is C15H15ClN4O2. The largest absolute Gasteiger partial charge is 0.472 e. The lowest BCUT2D eigenvalue weighted by atomic mass is 10.3. The molecule has 7 heteroatoms. The first-order valence-corrected chi connectivity index (χ1v) is 7.33. The Morgan fingerprint density at radius 1 is 1.32 bits per heavy atom. The van der Waals surface area contributed by atoms with Crippen molar-refractivity contribution >= 4 is 23.3 Å². The standard InChI is InChI=1S/C15H15ClN4O2/c16-11-1-3-12(4-2-11)19-15(21)20-8-6-13(9-20)22-14-5-7-17-10-18-14/h1-5,7,10,13H,6,8-9H2,(H,19,21). The van der Waals surface area contributed by atoms with Gasteiger partial charge in [-0.15, -0.1) is 0 Å². The molecule has 1 saturated heterocycles. The molecule has 0 radical (unpaired) electrons.